The third-order valence-electron chi connectivity index (χ3n) is 3.37. The molecule has 0 fully saturated rings. The van der Waals surface area contributed by atoms with Crippen molar-refractivity contribution in [3.63, 3.8) is 0 Å². The largest absolute Gasteiger partial charge is 0.441 e. The van der Waals surface area contributed by atoms with Gasteiger partial charge in [-0.1, -0.05) is 17.8 Å². The van der Waals surface area contributed by atoms with Gasteiger partial charge in [0.25, 0.3) is 0 Å². The summed E-state index contributed by atoms with van der Waals surface area (Å²) in [6.45, 7) is 0. The van der Waals surface area contributed by atoms with Crippen molar-refractivity contribution >= 4 is 34.7 Å². The molecule has 1 rings (SSSR count). The van der Waals surface area contributed by atoms with Gasteiger partial charge in [0.2, 0.25) is 5.78 Å². The van der Waals surface area contributed by atoms with Crippen LogP contribution in [0.3, 0.4) is 0 Å². The number of hydrogen-bond donors (Lipinski definition) is 0. The Morgan fingerprint density at radius 3 is 1.45 bits per heavy atom. The molecule has 1 atom stereocenters. The maximum absolute atomic E-state index is 14.0. The SMILES string of the molecule is O=C(c1cccs1)C(SC(F)(C(F)(F)F)C(F)(F)F)C(=O)C(F)(C(F)(F)F)C(F)(F)F. The van der Waals surface area contributed by atoms with Crippen LogP contribution >= 0.6 is 23.1 Å². The van der Waals surface area contributed by atoms with Gasteiger partial charge in [-0.2, -0.15) is 52.7 Å². The van der Waals surface area contributed by atoms with Gasteiger partial charge in [0, 0.05) is 0 Å². The molecule has 1 aromatic rings. The lowest BCUT2D eigenvalue weighted by atomic mass is 9.94. The molecule has 0 radical (unpaired) electrons. The van der Waals surface area contributed by atoms with Gasteiger partial charge in [0.15, 0.2) is 5.78 Å². The summed E-state index contributed by atoms with van der Waals surface area (Å²) in [7, 11) is 0. The fourth-order valence-corrected chi connectivity index (χ4v) is 3.72. The minimum absolute atomic E-state index is 0.0584. The molecule has 0 aliphatic heterocycles. The third-order valence-corrected chi connectivity index (χ3v) is 5.71. The lowest BCUT2D eigenvalue weighted by molar-refractivity contribution is -0.324. The summed E-state index contributed by atoms with van der Waals surface area (Å²) in [6, 6.07) is 1.30. The number of thiophene rings is 1. The van der Waals surface area contributed by atoms with Crippen molar-refractivity contribution in [2.45, 2.75) is 40.6 Å². The van der Waals surface area contributed by atoms with Crippen LogP contribution in [0.1, 0.15) is 9.67 Å². The second kappa shape index (κ2) is 8.08. The first-order valence-electron chi connectivity index (χ1n) is 6.97. The Kier molecular flexibility index (Phi) is 7.15. The molecule has 0 aliphatic carbocycles. The standard InChI is InChI=1S/C13H4F14O2S2/c14-8(10(16,17)18,11(19,20)21)7(29)6(5(28)4-2-1-3-30-4)31-9(15,12(22,23)24)13(25,26)27/h1-3,6H. The molecule has 0 aromatic carbocycles. The van der Waals surface area contributed by atoms with E-state index in [1.807, 2.05) is 0 Å². The topological polar surface area (TPSA) is 34.1 Å². The molecule has 1 aromatic heterocycles. The number of rotatable bonds is 6. The van der Waals surface area contributed by atoms with Gasteiger partial charge in [0.05, 0.1) is 4.88 Å². The summed E-state index contributed by atoms with van der Waals surface area (Å²) in [4.78, 5) is 22.7. The Morgan fingerprint density at radius 2 is 1.16 bits per heavy atom. The summed E-state index contributed by atoms with van der Waals surface area (Å²) in [5, 5.41) is -10.2. The van der Waals surface area contributed by atoms with Crippen LogP contribution in [0.25, 0.3) is 0 Å². The van der Waals surface area contributed by atoms with Gasteiger partial charge in [-0.15, -0.1) is 11.3 Å². The molecule has 31 heavy (non-hydrogen) atoms. The van der Waals surface area contributed by atoms with Crippen molar-refractivity contribution in [2.75, 3.05) is 0 Å². The van der Waals surface area contributed by atoms with Gasteiger partial charge in [-0.05, 0) is 11.4 Å². The van der Waals surface area contributed by atoms with Gasteiger partial charge >= 0.3 is 35.4 Å². The molecular formula is C13H4F14O2S2. The maximum atomic E-state index is 14.0. The van der Waals surface area contributed by atoms with Gasteiger partial charge in [-0.25, -0.2) is 8.78 Å². The van der Waals surface area contributed by atoms with Crippen LogP contribution in [-0.2, 0) is 4.79 Å². The van der Waals surface area contributed by atoms with E-state index in [1.54, 1.807) is 0 Å². The molecule has 178 valence electrons. The first kappa shape index (κ1) is 27.4. The Labute approximate surface area is 169 Å². The van der Waals surface area contributed by atoms with Crippen molar-refractivity contribution in [1.29, 1.82) is 0 Å². The third kappa shape index (κ3) is 4.78. The first-order valence-corrected chi connectivity index (χ1v) is 8.73. The zero-order valence-electron chi connectivity index (χ0n) is 13.7. The Hall–Kier alpha value is -1.59. The van der Waals surface area contributed by atoms with E-state index in [0.29, 0.717) is 6.07 Å². The van der Waals surface area contributed by atoms with Crippen molar-refractivity contribution in [1.82, 2.24) is 0 Å². The summed E-state index contributed by atoms with van der Waals surface area (Å²) in [6.07, 6.45) is -28.7. The predicted octanol–water partition coefficient (Wildman–Crippen LogP) is 6.23. The quantitative estimate of drug-likeness (QED) is 0.253. The van der Waals surface area contributed by atoms with Gasteiger partial charge < -0.3 is 0 Å². The number of halogens is 14. The minimum atomic E-state index is -7.27. The van der Waals surface area contributed by atoms with Crippen LogP contribution in [0.5, 0.6) is 0 Å². The summed E-state index contributed by atoms with van der Waals surface area (Å²) < 4.78 is 181. The van der Waals surface area contributed by atoms with Crippen molar-refractivity contribution in [3.8, 4) is 0 Å². The fraction of sp³-hybridized carbons (Fsp3) is 0.538. The number of carbonyl (C=O) groups is 2. The molecule has 0 amide bonds. The van der Waals surface area contributed by atoms with E-state index in [9.17, 15) is 71.1 Å². The van der Waals surface area contributed by atoms with E-state index in [2.05, 4.69) is 0 Å². The van der Waals surface area contributed by atoms with Crippen LogP contribution in [-0.4, -0.2) is 52.2 Å². The Morgan fingerprint density at radius 1 is 0.742 bits per heavy atom. The molecule has 0 N–H and O–H groups in total. The molecule has 0 aliphatic rings. The molecule has 0 spiro atoms. The van der Waals surface area contributed by atoms with E-state index in [-0.39, 0.29) is 11.3 Å². The van der Waals surface area contributed by atoms with E-state index < -0.39 is 68.8 Å². The number of alkyl halides is 14. The average molecular weight is 522 g/mol. The van der Waals surface area contributed by atoms with Gasteiger partial charge in [0.1, 0.15) is 5.25 Å². The second-order valence-electron chi connectivity index (χ2n) is 5.45. The molecule has 0 saturated carbocycles. The number of ketones is 2. The van der Waals surface area contributed by atoms with Gasteiger partial charge in [-0.3, -0.25) is 9.59 Å². The van der Waals surface area contributed by atoms with Crippen LogP contribution in [0.2, 0.25) is 0 Å². The number of hydrogen-bond acceptors (Lipinski definition) is 4. The molecular weight excluding hydrogens is 518 g/mol. The van der Waals surface area contributed by atoms with Crippen LogP contribution in [0.15, 0.2) is 17.5 Å². The highest BCUT2D eigenvalue weighted by molar-refractivity contribution is 8.02. The maximum Gasteiger partial charge on any atom is 0.441 e. The molecule has 0 saturated heterocycles. The van der Waals surface area contributed by atoms with E-state index in [1.165, 1.54) is 0 Å². The minimum Gasteiger partial charge on any atom is -0.294 e. The van der Waals surface area contributed by atoms with E-state index in [4.69, 9.17) is 0 Å². The Bertz CT molecular complexity index is 774. The Balaban J connectivity index is 3.78. The lowest BCUT2D eigenvalue weighted by Gasteiger charge is -2.34. The first-order chi connectivity index (χ1) is 13.5. The molecule has 2 nitrogen and oxygen atoms in total. The zero-order chi connectivity index (χ0) is 24.8. The van der Waals surface area contributed by atoms with Crippen LogP contribution in [0.4, 0.5) is 61.5 Å². The zero-order valence-corrected chi connectivity index (χ0v) is 15.4. The van der Waals surface area contributed by atoms with Crippen LogP contribution < -0.4 is 0 Å². The van der Waals surface area contributed by atoms with E-state index in [0.717, 1.165) is 11.4 Å². The highest BCUT2D eigenvalue weighted by Crippen LogP contribution is 2.57. The van der Waals surface area contributed by atoms with Crippen molar-refractivity contribution in [2.24, 2.45) is 0 Å². The molecule has 0 bridgehead atoms. The fourth-order valence-electron chi connectivity index (χ4n) is 1.85. The monoisotopic (exact) mass is 522 g/mol. The number of carbonyl (C=O) groups excluding carboxylic acids is 2. The number of thioether (sulfide) groups is 1. The van der Waals surface area contributed by atoms with Crippen molar-refractivity contribution in [3.05, 3.63) is 22.4 Å². The van der Waals surface area contributed by atoms with Crippen LogP contribution in [0, 0.1) is 0 Å². The summed E-state index contributed by atoms with van der Waals surface area (Å²) >= 11 is -2.51. The smallest absolute Gasteiger partial charge is 0.294 e. The average Bonchev–Trinajstić information content (AvgIpc) is 3.07. The summed E-state index contributed by atoms with van der Waals surface area (Å²) in [5.74, 6) is -6.64. The molecule has 1 heterocycles. The predicted molar refractivity (Wildman–Crippen MR) is 76.9 cm³/mol. The normalized spacial score (nSPS) is 15.7. The highest BCUT2D eigenvalue weighted by atomic mass is 32.2. The number of Topliss-reactive ketones (excluding diaryl/α,β-unsaturated/α-hetero) is 2. The summed E-state index contributed by atoms with van der Waals surface area (Å²) in [5.41, 5.74) is -7.08. The molecule has 1 unspecified atom stereocenters. The highest BCUT2D eigenvalue weighted by Gasteiger charge is 2.80. The van der Waals surface area contributed by atoms with E-state index >= 15 is 0 Å². The molecule has 18 heteroatoms. The van der Waals surface area contributed by atoms with Crippen molar-refractivity contribution < 1.29 is 71.1 Å². The second-order valence-corrected chi connectivity index (χ2v) is 7.67. The lowest BCUT2D eigenvalue weighted by Crippen LogP contribution is -2.63.